The summed E-state index contributed by atoms with van der Waals surface area (Å²) < 4.78 is 5.87. The molecule has 2 aromatic rings. The second kappa shape index (κ2) is 9.70. The molecule has 2 aromatic carbocycles. The van der Waals surface area contributed by atoms with Crippen LogP contribution in [-0.4, -0.2) is 17.8 Å². The van der Waals surface area contributed by atoms with E-state index in [4.69, 9.17) is 16.3 Å². The van der Waals surface area contributed by atoms with E-state index >= 15 is 0 Å². The summed E-state index contributed by atoms with van der Waals surface area (Å²) in [5.74, 6) is 0.829. The Kier molecular flexibility index (Phi) is 8.28. The Bertz CT molecular complexity index is 576. The Morgan fingerprint density at radius 1 is 1.09 bits per heavy atom. The molecule has 0 aliphatic carbocycles. The molecule has 22 heavy (non-hydrogen) atoms. The molecule has 1 atom stereocenters. The van der Waals surface area contributed by atoms with Crippen molar-refractivity contribution in [3.8, 4) is 5.75 Å². The third kappa shape index (κ3) is 5.85. The van der Waals surface area contributed by atoms with E-state index in [1.54, 1.807) is 6.92 Å². The van der Waals surface area contributed by atoms with Crippen molar-refractivity contribution in [2.24, 2.45) is 0 Å². The van der Waals surface area contributed by atoms with E-state index in [-0.39, 0.29) is 18.5 Å². The summed E-state index contributed by atoms with van der Waals surface area (Å²) in [6, 6.07) is 15.5. The lowest BCUT2D eigenvalue weighted by atomic mass is 10.2. The maximum absolute atomic E-state index is 9.27. The highest BCUT2D eigenvalue weighted by molar-refractivity contribution is 6.31. The highest BCUT2D eigenvalue weighted by Gasteiger charge is 2.05. The number of ether oxygens (including phenoxy) is 1. The molecule has 2 rings (SSSR count). The smallest absolute Gasteiger partial charge is 0.124 e. The molecule has 2 N–H and O–H groups in total. The zero-order chi connectivity index (χ0) is 15.1. The molecule has 0 bridgehead atoms. The minimum atomic E-state index is -0.360. The van der Waals surface area contributed by atoms with Crippen LogP contribution in [0.5, 0.6) is 5.75 Å². The lowest BCUT2D eigenvalue weighted by Gasteiger charge is -2.13. The molecule has 0 heterocycles. The van der Waals surface area contributed by atoms with Crippen LogP contribution >= 0.6 is 24.0 Å². The first-order valence-electron chi connectivity index (χ1n) is 6.99. The maximum atomic E-state index is 9.27. The normalized spacial score (nSPS) is 11.6. The van der Waals surface area contributed by atoms with Crippen LogP contribution in [0.2, 0.25) is 5.02 Å². The number of halogens is 2. The molecule has 3 nitrogen and oxygen atoms in total. The first kappa shape index (κ1) is 18.8. The topological polar surface area (TPSA) is 41.5 Å². The molecule has 0 saturated heterocycles. The predicted octanol–water partition coefficient (Wildman–Crippen LogP) is 3.81. The van der Waals surface area contributed by atoms with E-state index in [1.807, 2.05) is 48.5 Å². The minimum Gasteiger partial charge on any atom is -0.489 e. The molecule has 5 heteroatoms. The van der Waals surface area contributed by atoms with Crippen molar-refractivity contribution in [3.05, 3.63) is 64.7 Å². The number of rotatable bonds is 7. The number of para-hydroxylation sites is 1. The van der Waals surface area contributed by atoms with Crippen molar-refractivity contribution < 1.29 is 9.84 Å². The Labute approximate surface area is 142 Å². The minimum absolute atomic E-state index is 0. The SMILES string of the molecule is CC(O)CNCc1ccccc1OCc1ccccc1Cl.Cl. The van der Waals surface area contributed by atoms with Crippen molar-refractivity contribution in [1.29, 1.82) is 0 Å². The van der Waals surface area contributed by atoms with Crippen LogP contribution in [0.3, 0.4) is 0 Å². The van der Waals surface area contributed by atoms with E-state index in [0.717, 1.165) is 16.9 Å². The highest BCUT2D eigenvalue weighted by atomic mass is 35.5. The lowest BCUT2D eigenvalue weighted by Crippen LogP contribution is -2.24. The average Bonchev–Trinajstić information content (AvgIpc) is 2.47. The maximum Gasteiger partial charge on any atom is 0.124 e. The Morgan fingerprint density at radius 2 is 1.73 bits per heavy atom. The molecule has 0 aliphatic rings. The summed E-state index contributed by atoms with van der Waals surface area (Å²) in [7, 11) is 0. The van der Waals surface area contributed by atoms with Gasteiger partial charge in [0.1, 0.15) is 12.4 Å². The van der Waals surface area contributed by atoms with Gasteiger partial charge in [-0.1, -0.05) is 48.0 Å². The van der Waals surface area contributed by atoms with Crippen LogP contribution in [0.1, 0.15) is 18.1 Å². The molecule has 0 aromatic heterocycles. The zero-order valence-corrected chi connectivity index (χ0v) is 14.0. The number of hydrogen-bond donors (Lipinski definition) is 2. The highest BCUT2D eigenvalue weighted by Crippen LogP contribution is 2.21. The van der Waals surface area contributed by atoms with Gasteiger partial charge in [-0.2, -0.15) is 0 Å². The summed E-state index contributed by atoms with van der Waals surface area (Å²) in [4.78, 5) is 0. The molecule has 120 valence electrons. The summed E-state index contributed by atoms with van der Waals surface area (Å²) in [5.41, 5.74) is 2.02. The molecule has 0 amide bonds. The second-order valence-corrected chi connectivity index (χ2v) is 5.37. The first-order valence-corrected chi connectivity index (χ1v) is 7.37. The van der Waals surface area contributed by atoms with Gasteiger partial charge >= 0.3 is 0 Å². The van der Waals surface area contributed by atoms with Crippen molar-refractivity contribution in [1.82, 2.24) is 5.32 Å². The number of benzene rings is 2. The van der Waals surface area contributed by atoms with Crippen LogP contribution in [0.4, 0.5) is 0 Å². The molecule has 1 unspecified atom stereocenters. The van der Waals surface area contributed by atoms with Crippen molar-refractivity contribution in [3.63, 3.8) is 0 Å². The number of aliphatic hydroxyl groups excluding tert-OH is 1. The average molecular weight is 342 g/mol. The van der Waals surface area contributed by atoms with Crippen molar-refractivity contribution in [2.75, 3.05) is 6.54 Å². The zero-order valence-electron chi connectivity index (χ0n) is 12.5. The van der Waals surface area contributed by atoms with Crippen LogP contribution in [0, 0.1) is 0 Å². The fourth-order valence-corrected chi connectivity index (χ4v) is 2.17. The monoisotopic (exact) mass is 341 g/mol. The largest absolute Gasteiger partial charge is 0.489 e. The van der Waals surface area contributed by atoms with Crippen molar-refractivity contribution >= 4 is 24.0 Å². The van der Waals surface area contributed by atoms with E-state index in [2.05, 4.69) is 5.32 Å². The Morgan fingerprint density at radius 3 is 2.41 bits per heavy atom. The van der Waals surface area contributed by atoms with Crippen LogP contribution in [0.15, 0.2) is 48.5 Å². The summed E-state index contributed by atoms with van der Waals surface area (Å²) in [6.07, 6.45) is -0.360. The third-order valence-electron chi connectivity index (χ3n) is 3.07. The number of hydrogen-bond acceptors (Lipinski definition) is 3. The molecule has 0 fully saturated rings. The van der Waals surface area contributed by atoms with Crippen molar-refractivity contribution in [2.45, 2.75) is 26.2 Å². The van der Waals surface area contributed by atoms with Gasteiger partial charge in [-0.25, -0.2) is 0 Å². The molecule has 0 saturated carbocycles. The van der Waals surface area contributed by atoms with Gasteiger partial charge in [-0.05, 0) is 19.1 Å². The molecule has 0 aliphatic heterocycles. The standard InChI is InChI=1S/C17H20ClNO2.ClH/c1-13(20)10-19-11-14-6-3-5-9-17(14)21-12-15-7-2-4-8-16(15)18;/h2-9,13,19-20H,10-12H2,1H3;1H. The van der Waals surface area contributed by atoms with Crippen LogP contribution in [-0.2, 0) is 13.2 Å². The van der Waals surface area contributed by atoms with Gasteiger partial charge in [-0.3, -0.25) is 0 Å². The van der Waals surface area contributed by atoms with Gasteiger partial charge in [0, 0.05) is 29.2 Å². The van der Waals surface area contributed by atoms with Gasteiger partial charge in [0.05, 0.1) is 6.10 Å². The summed E-state index contributed by atoms with van der Waals surface area (Å²) in [6.45, 7) is 3.41. The molecule has 0 spiro atoms. The molecule has 0 radical (unpaired) electrons. The summed E-state index contributed by atoms with van der Waals surface area (Å²) >= 11 is 6.13. The van der Waals surface area contributed by atoms with E-state index in [1.165, 1.54) is 0 Å². The van der Waals surface area contributed by atoms with Gasteiger partial charge in [0.15, 0.2) is 0 Å². The van der Waals surface area contributed by atoms with E-state index in [9.17, 15) is 5.11 Å². The fraction of sp³-hybridized carbons (Fsp3) is 0.294. The van der Waals surface area contributed by atoms with Gasteiger partial charge < -0.3 is 15.2 Å². The van der Waals surface area contributed by atoms with E-state index < -0.39 is 0 Å². The fourth-order valence-electron chi connectivity index (χ4n) is 1.98. The lowest BCUT2D eigenvalue weighted by molar-refractivity contribution is 0.190. The summed E-state index contributed by atoms with van der Waals surface area (Å²) in [5, 5.41) is 13.2. The van der Waals surface area contributed by atoms with Crippen LogP contribution in [0.25, 0.3) is 0 Å². The Hall–Kier alpha value is -1.26. The third-order valence-corrected chi connectivity index (χ3v) is 3.44. The number of nitrogens with one attached hydrogen (secondary N) is 1. The number of aliphatic hydroxyl groups is 1. The van der Waals surface area contributed by atoms with Crippen LogP contribution < -0.4 is 10.1 Å². The quantitative estimate of drug-likeness (QED) is 0.804. The van der Waals surface area contributed by atoms with Gasteiger partial charge in [0.2, 0.25) is 0 Å². The van der Waals surface area contributed by atoms with Gasteiger partial charge in [0.25, 0.3) is 0 Å². The first-order chi connectivity index (χ1) is 10.2. The van der Waals surface area contributed by atoms with E-state index in [0.29, 0.717) is 24.7 Å². The Balaban J connectivity index is 0.00000242. The predicted molar refractivity (Wildman–Crippen MR) is 92.9 cm³/mol. The molecular formula is C17H21Cl2NO2. The van der Waals surface area contributed by atoms with Gasteiger partial charge in [-0.15, -0.1) is 12.4 Å². The molecular weight excluding hydrogens is 321 g/mol. The second-order valence-electron chi connectivity index (χ2n) is 4.97.